The summed E-state index contributed by atoms with van der Waals surface area (Å²) >= 11 is 0. The van der Waals surface area contributed by atoms with E-state index in [1.807, 2.05) is 36.0 Å². The zero-order chi connectivity index (χ0) is 25.0. The van der Waals surface area contributed by atoms with Crippen LogP contribution in [0.1, 0.15) is 50.3 Å². The fourth-order valence-corrected chi connectivity index (χ4v) is 4.01. The molecule has 4 rings (SSSR count). The van der Waals surface area contributed by atoms with Gasteiger partial charge in [0, 0.05) is 53.3 Å². The molecule has 8 heteroatoms. The molecule has 1 saturated carbocycles. The molecule has 0 saturated heterocycles. The quantitative estimate of drug-likeness (QED) is 0.333. The van der Waals surface area contributed by atoms with E-state index in [0.717, 1.165) is 22.4 Å². The summed E-state index contributed by atoms with van der Waals surface area (Å²) in [5, 5.41) is 7.70. The molecule has 1 unspecified atom stereocenters. The predicted molar refractivity (Wildman–Crippen MR) is 136 cm³/mol. The fourth-order valence-electron chi connectivity index (χ4n) is 4.01. The summed E-state index contributed by atoms with van der Waals surface area (Å²) in [5.74, 6) is 0. The number of alkyl halides is 3. The smallest absolute Gasteiger partial charge is 0.362 e. The first-order valence-corrected chi connectivity index (χ1v) is 11.8. The molecular formula is C27H30F3N5. The van der Waals surface area contributed by atoms with E-state index in [0.29, 0.717) is 23.7 Å². The molecule has 0 bridgehead atoms. The van der Waals surface area contributed by atoms with Crippen LogP contribution in [-0.4, -0.2) is 33.5 Å². The standard InChI is InChI=1S/C27H30F3N5/c1-4-19(3)34(18-27(28,29)30)26-9-6-23(14-20(26)5-2)32-13-10-21-15-31-12-11-25(21)22-16-33-35(17-22)24-7-8-24/h5-6,9-17,19,24,32H,2,4,7-8,18H2,1,3H3/b13-10+. The van der Waals surface area contributed by atoms with Gasteiger partial charge in [-0.1, -0.05) is 19.6 Å². The lowest BCUT2D eigenvalue weighted by Gasteiger charge is -2.33. The molecule has 1 fully saturated rings. The van der Waals surface area contributed by atoms with E-state index in [1.165, 1.54) is 17.7 Å². The van der Waals surface area contributed by atoms with E-state index in [2.05, 4.69) is 28.2 Å². The molecule has 2 heterocycles. The van der Waals surface area contributed by atoms with Gasteiger partial charge in [0.1, 0.15) is 6.54 Å². The van der Waals surface area contributed by atoms with Crippen molar-refractivity contribution in [3.8, 4) is 11.1 Å². The van der Waals surface area contributed by atoms with Crippen molar-refractivity contribution in [3.05, 3.63) is 73.0 Å². The highest BCUT2D eigenvalue weighted by atomic mass is 19.4. The molecule has 35 heavy (non-hydrogen) atoms. The van der Waals surface area contributed by atoms with Crippen molar-refractivity contribution in [1.82, 2.24) is 14.8 Å². The number of rotatable bonds is 10. The van der Waals surface area contributed by atoms with Crippen LogP contribution in [0.2, 0.25) is 0 Å². The van der Waals surface area contributed by atoms with Gasteiger partial charge in [0.25, 0.3) is 0 Å². The minimum Gasteiger partial charge on any atom is -0.362 e. The summed E-state index contributed by atoms with van der Waals surface area (Å²) < 4.78 is 41.7. The van der Waals surface area contributed by atoms with Crippen LogP contribution in [0, 0.1) is 0 Å². The summed E-state index contributed by atoms with van der Waals surface area (Å²) in [4.78, 5) is 5.64. The number of halogens is 3. The van der Waals surface area contributed by atoms with E-state index in [4.69, 9.17) is 0 Å². The van der Waals surface area contributed by atoms with Gasteiger partial charge < -0.3 is 10.2 Å². The normalized spacial score (nSPS) is 14.8. The Balaban J connectivity index is 1.52. The highest BCUT2D eigenvalue weighted by Crippen LogP contribution is 2.36. The first kappa shape index (κ1) is 24.6. The average molecular weight is 482 g/mol. The first-order valence-electron chi connectivity index (χ1n) is 11.8. The zero-order valence-corrected chi connectivity index (χ0v) is 20.0. The van der Waals surface area contributed by atoms with Gasteiger partial charge in [-0.3, -0.25) is 9.67 Å². The fraction of sp³-hybridized carbons (Fsp3) is 0.333. The number of anilines is 2. The summed E-state index contributed by atoms with van der Waals surface area (Å²) in [6, 6.07) is 7.52. The lowest BCUT2D eigenvalue weighted by molar-refractivity contribution is -0.120. The van der Waals surface area contributed by atoms with E-state index < -0.39 is 12.7 Å². The molecule has 0 amide bonds. The molecule has 3 aromatic rings. The average Bonchev–Trinajstić information content (AvgIpc) is 3.58. The van der Waals surface area contributed by atoms with Gasteiger partial charge >= 0.3 is 6.18 Å². The van der Waals surface area contributed by atoms with Crippen molar-refractivity contribution in [1.29, 1.82) is 0 Å². The van der Waals surface area contributed by atoms with Crippen LogP contribution in [0.25, 0.3) is 23.3 Å². The second-order valence-electron chi connectivity index (χ2n) is 8.86. The maximum absolute atomic E-state index is 13.2. The topological polar surface area (TPSA) is 46.0 Å². The summed E-state index contributed by atoms with van der Waals surface area (Å²) in [6.07, 6.45) is 11.5. The Bertz CT molecular complexity index is 1190. The lowest BCUT2D eigenvalue weighted by atomic mass is 10.1. The van der Waals surface area contributed by atoms with Crippen LogP contribution in [0.5, 0.6) is 0 Å². The van der Waals surface area contributed by atoms with Gasteiger partial charge in [-0.05, 0) is 67.7 Å². The molecule has 1 N–H and O–H groups in total. The number of aromatic nitrogens is 3. The Labute approximate surface area is 204 Å². The van der Waals surface area contributed by atoms with Crippen LogP contribution in [0.3, 0.4) is 0 Å². The van der Waals surface area contributed by atoms with Gasteiger partial charge in [0.15, 0.2) is 0 Å². The Morgan fingerprint density at radius 2 is 2.03 bits per heavy atom. The minimum absolute atomic E-state index is 0.262. The van der Waals surface area contributed by atoms with Crippen LogP contribution < -0.4 is 10.2 Å². The van der Waals surface area contributed by atoms with Gasteiger partial charge in [-0.25, -0.2) is 0 Å². The van der Waals surface area contributed by atoms with Crippen molar-refractivity contribution in [2.45, 2.75) is 51.4 Å². The van der Waals surface area contributed by atoms with Gasteiger partial charge in [-0.2, -0.15) is 18.3 Å². The third-order valence-corrected chi connectivity index (χ3v) is 6.23. The Morgan fingerprint density at radius 3 is 2.71 bits per heavy atom. The molecule has 0 spiro atoms. The number of nitrogens with zero attached hydrogens (tertiary/aromatic N) is 4. The maximum atomic E-state index is 13.2. The molecule has 0 aliphatic heterocycles. The number of hydrogen-bond acceptors (Lipinski definition) is 4. The van der Waals surface area contributed by atoms with Crippen molar-refractivity contribution in [3.63, 3.8) is 0 Å². The van der Waals surface area contributed by atoms with Crippen LogP contribution >= 0.6 is 0 Å². The van der Waals surface area contributed by atoms with E-state index in [9.17, 15) is 13.2 Å². The largest absolute Gasteiger partial charge is 0.405 e. The van der Waals surface area contributed by atoms with Crippen LogP contribution in [-0.2, 0) is 0 Å². The van der Waals surface area contributed by atoms with Gasteiger partial charge in [-0.15, -0.1) is 0 Å². The molecule has 0 radical (unpaired) electrons. The van der Waals surface area contributed by atoms with Crippen molar-refractivity contribution in [2.24, 2.45) is 0 Å². The lowest BCUT2D eigenvalue weighted by Crippen LogP contribution is -2.40. The first-order chi connectivity index (χ1) is 16.8. The zero-order valence-electron chi connectivity index (χ0n) is 20.0. The molecule has 1 aromatic carbocycles. The van der Waals surface area contributed by atoms with Crippen molar-refractivity contribution in [2.75, 3.05) is 16.8 Å². The second-order valence-corrected chi connectivity index (χ2v) is 8.86. The predicted octanol–water partition coefficient (Wildman–Crippen LogP) is 7.17. The third kappa shape index (κ3) is 6.12. The summed E-state index contributed by atoms with van der Waals surface area (Å²) in [6.45, 7) is 6.50. The number of hydrogen-bond donors (Lipinski definition) is 1. The second kappa shape index (κ2) is 10.4. The Kier molecular flexibility index (Phi) is 7.28. The van der Waals surface area contributed by atoms with Gasteiger partial charge in [0.05, 0.1) is 12.2 Å². The van der Waals surface area contributed by atoms with E-state index in [1.54, 1.807) is 43.7 Å². The molecule has 1 atom stereocenters. The SMILES string of the molecule is C=Cc1cc(N/C=C/c2cnccc2-c2cnn(C3CC3)c2)ccc1N(CC(F)(F)F)C(C)CC. The monoisotopic (exact) mass is 481 g/mol. The van der Waals surface area contributed by atoms with Gasteiger partial charge in [0.2, 0.25) is 0 Å². The van der Waals surface area contributed by atoms with E-state index in [-0.39, 0.29) is 6.04 Å². The molecule has 1 aliphatic rings. The third-order valence-electron chi connectivity index (χ3n) is 6.23. The molecule has 5 nitrogen and oxygen atoms in total. The molecule has 184 valence electrons. The molecular weight excluding hydrogens is 451 g/mol. The number of pyridine rings is 1. The highest BCUT2D eigenvalue weighted by molar-refractivity contribution is 5.75. The highest BCUT2D eigenvalue weighted by Gasteiger charge is 2.33. The Morgan fingerprint density at radius 1 is 1.23 bits per heavy atom. The molecule has 1 aliphatic carbocycles. The summed E-state index contributed by atoms with van der Waals surface area (Å²) in [5.41, 5.74) is 4.91. The van der Waals surface area contributed by atoms with Crippen LogP contribution in [0.15, 0.2) is 61.8 Å². The van der Waals surface area contributed by atoms with Crippen molar-refractivity contribution >= 4 is 23.5 Å². The Hall–Kier alpha value is -3.55. The summed E-state index contributed by atoms with van der Waals surface area (Å²) in [7, 11) is 0. The molecule has 2 aromatic heterocycles. The van der Waals surface area contributed by atoms with Crippen LogP contribution in [0.4, 0.5) is 24.5 Å². The number of nitrogens with one attached hydrogen (secondary N) is 1. The minimum atomic E-state index is -4.29. The van der Waals surface area contributed by atoms with E-state index >= 15 is 0 Å². The number of benzene rings is 1. The maximum Gasteiger partial charge on any atom is 0.405 e. The van der Waals surface area contributed by atoms with Crippen molar-refractivity contribution < 1.29 is 13.2 Å².